The van der Waals surface area contributed by atoms with E-state index in [0.29, 0.717) is 6.42 Å². The van der Waals surface area contributed by atoms with Crippen molar-refractivity contribution in [3.05, 3.63) is 30.5 Å². The van der Waals surface area contributed by atoms with Crippen LogP contribution < -0.4 is 4.74 Å². The highest BCUT2D eigenvalue weighted by Gasteiger charge is 2.13. The van der Waals surface area contributed by atoms with Crippen molar-refractivity contribution in [2.45, 2.75) is 23.6 Å². The fourth-order valence-corrected chi connectivity index (χ4v) is 2.93. The van der Waals surface area contributed by atoms with Gasteiger partial charge in [-0.25, -0.2) is 4.98 Å². The maximum Gasteiger partial charge on any atom is 0.306 e. The summed E-state index contributed by atoms with van der Waals surface area (Å²) in [5, 5.41) is 3.17. The summed E-state index contributed by atoms with van der Waals surface area (Å²) in [5.41, 5.74) is 0. The molecule has 0 spiro atoms. The molecule has 0 N–H and O–H groups in total. The van der Waals surface area contributed by atoms with Gasteiger partial charge < -0.3 is 9.47 Å². The molecule has 2 rings (SSSR count). The predicted octanol–water partition coefficient (Wildman–Crippen LogP) is 3.29. The van der Waals surface area contributed by atoms with Gasteiger partial charge in [0, 0.05) is 16.8 Å². The first-order valence-corrected chi connectivity index (χ1v) is 7.18. The Morgan fingerprint density at radius 2 is 2.15 bits per heavy atom. The van der Waals surface area contributed by atoms with Gasteiger partial charge >= 0.3 is 5.97 Å². The lowest BCUT2D eigenvalue weighted by Gasteiger charge is -2.11. The van der Waals surface area contributed by atoms with Gasteiger partial charge in [-0.1, -0.05) is 6.92 Å². The molecule has 0 saturated heterocycles. The zero-order chi connectivity index (χ0) is 14.5. The lowest BCUT2D eigenvalue weighted by Crippen LogP contribution is -2.08. The second-order valence-electron chi connectivity index (χ2n) is 4.41. The average Bonchev–Trinajstić information content (AvgIpc) is 2.46. The Labute approximate surface area is 122 Å². The zero-order valence-electron chi connectivity index (χ0n) is 11.8. The maximum absolute atomic E-state index is 11.3. The van der Waals surface area contributed by atoms with E-state index < -0.39 is 0 Å². The molecule has 0 saturated carbocycles. The number of carbonyl (C=O) groups is 1. The van der Waals surface area contributed by atoms with Crippen LogP contribution in [0.2, 0.25) is 0 Å². The minimum absolute atomic E-state index is 0.114. The molecule has 106 valence electrons. The molecular formula is C15H17NO3S. The fraction of sp³-hybridized carbons (Fsp3) is 0.333. The van der Waals surface area contributed by atoms with Crippen LogP contribution in [-0.4, -0.2) is 30.4 Å². The van der Waals surface area contributed by atoms with E-state index in [2.05, 4.69) is 9.72 Å². The Morgan fingerprint density at radius 1 is 1.35 bits per heavy atom. The number of thioether (sulfide) groups is 1. The van der Waals surface area contributed by atoms with Crippen molar-refractivity contribution in [2.24, 2.45) is 0 Å². The van der Waals surface area contributed by atoms with E-state index in [1.807, 2.05) is 31.2 Å². The summed E-state index contributed by atoms with van der Waals surface area (Å²) in [7, 11) is 3.05. The largest absolute Gasteiger partial charge is 0.497 e. The van der Waals surface area contributed by atoms with Crippen LogP contribution >= 0.6 is 11.8 Å². The number of esters is 1. The SMILES string of the molecule is COC(=O)CC(C)Sc1nccc2cc(OC)ccc12. The number of hydrogen-bond acceptors (Lipinski definition) is 5. The number of hydrogen-bond donors (Lipinski definition) is 0. The number of rotatable bonds is 5. The molecule has 0 aliphatic heterocycles. The van der Waals surface area contributed by atoms with Crippen LogP contribution in [0.1, 0.15) is 13.3 Å². The van der Waals surface area contributed by atoms with Crippen LogP contribution in [0, 0.1) is 0 Å². The first-order valence-electron chi connectivity index (χ1n) is 6.30. The molecule has 0 aliphatic carbocycles. The molecule has 5 heteroatoms. The summed E-state index contributed by atoms with van der Waals surface area (Å²) < 4.78 is 9.91. The van der Waals surface area contributed by atoms with Crippen molar-refractivity contribution in [2.75, 3.05) is 14.2 Å². The van der Waals surface area contributed by atoms with E-state index in [9.17, 15) is 4.79 Å². The van der Waals surface area contributed by atoms with E-state index >= 15 is 0 Å². The summed E-state index contributed by atoms with van der Waals surface area (Å²) in [6.07, 6.45) is 2.14. The first-order chi connectivity index (χ1) is 9.63. The molecule has 0 fully saturated rings. The van der Waals surface area contributed by atoms with Gasteiger partial charge in [-0.05, 0) is 29.7 Å². The van der Waals surface area contributed by atoms with E-state index in [0.717, 1.165) is 21.5 Å². The lowest BCUT2D eigenvalue weighted by molar-refractivity contribution is -0.140. The van der Waals surface area contributed by atoms with E-state index in [1.165, 1.54) is 7.11 Å². The molecule has 0 radical (unpaired) electrons. The monoisotopic (exact) mass is 291 g/mol. The van der Waals surface area contributed by atoms with E-state index in [1.54, 1.807) is 25.1 Å². The Morgan fingerprint density at radius 3 is 2.85 bits per heavy atom. The van der Waals surface area contributed by atoms with Gasteiger partial charge in [0.25, 0.3) is 0 Å². The quantitative estimate of drug-likeness (QED) is 0.625. The molecule has 1 aromatic heterocycles. The topological polar surface area (TPSA) is 48.4 Å². The molecule has 0 aliphatic rings. The smallest absolute Gasteiger partial charge is 0.306 e. The number of benzene rings is 1. The van der Waals surface area contributed by atoms with Crippen LogP contribution in [-0.2, 0) is 9.53 Å². The Bertz CT molecular complexity index is 615. The summed E-state index contributed by atoms with van der Waals surface area (Å²) >= 11 is 1.58. The summed E-state index contributed by atoms with van der Waals surface area (Å²) in [5.74, 6) is 0.620. The summed E-state index contributed by atoms with van der Waals surface area (Å²) in [6.45, 7) is 1.99. The second kappa shape index (κ2) is 6.61. The number of pyridine rings is 1. The van der Waals surface area contributed by atoms with Gasteiger partial charge in [0.15, 0.2) is 0 Å². The van der Waals surface area contributed by atoms with Crippen molar-refractivity contribution in [1.29, 1.82) is 0 Å². The minimum atomic E-state index is -0.202. The van der Waals surface area contributed by atoms with Crippen LogP contribution in [0.4, 0.5) is 0 Å². The number of methoxy groups -OCH3 is 2. The molecule has 0 bridgehead atoms. The number of ether oxygens (including phenoxy) is 2. The number of carbonyl (C=O) groups excluding carboxylic acids is 1. The van der Waals surface area contributed by atoms with Gasteiger partial charge in [-0.15, -0.1) is 11.8 Å². The highest BCUT2D eigenvalue weighted by molar-refractivity contribution is 8.00. The molecule has 4 nitrogen and oxygen atoms in total. The van der Waals surface area contributed by atoms with Gasteiger partial charge in [0.1, 0.15) is 10.8 Å². The number of fused-ring (bicyclic) bond motifs is 1. The number of nitrogens with zero attached hydrogens (tertiary/aromatic N) is 1. The van der Waals surface area contributed by atoms with Crippen molar-refractivity contribution < 1.29 is 14.3 Å². The van der Waals surface area contributed by atoms with Crippen molar-refractivity contribution in [3.63, 3.8) is 0 Å². The molecule has 1 aromatic carbocycles. The third-order valence-corrected chi connectivity index (χ3v) is 4.05. The van der Waals surface area contributed by atoms with Crippen molar-refractivity contribution in [1.82, 2.24) is 4.98 Å². The standard InChI is InChI=1S/C15H17NO3S/c1-10(8-14(17)19-3)20-15-13-5-4-12(18-2)9-11(13)6-7-16-15/h4-7,9-10H,8H2,1-3H3. The van der Waals surface area contributed by atoms with Crippen molar-refractivity contribution >= 4 is 28.5 Å². The summed E-state index contributed by atoms with van der Waals surface area (Å²) in [6, 6.07) is 7.84. The fourth-order valence-electron chi connectivity index (χ4n) is 1.90. The van der Waals surface area contributed by atoms with Crippen LogP contribution in [0.3, 0.4) is 0 Å². The zero-order valence-corrected chi connectivity index (χ0v) is 12.6. The first kappa shape index (κ1) is 14.7. The van der Waals surface area contributed by atoms with Crippen LogP contribution in [0.25, 0.3) is 10.8 Å². The third-order valence-electron chi connectivity index (χ3n) is 2.93. The van der Waals surface area contributed by atoms with Gasteiger partial charge in [0.05, 0.1) is 20.6 Å². The third kappa shape index (κ3) is 3.42. The molecule has 2 aromatic rings. The van der Waals surface area contributed by atoms with E-state index in [-0.39, 0.29) is 11.2 Å². The van der Waals surface area contributed by atoms with Crippen molar-refractivity contribution in [3.8, 4) is 5.75 Å². The summed E-state index contributed by atoms with van der Waals surface area (Å²) in [4.78, 5) is 15.7. The molecule has 1 atom stereocenters. The molecule has 1 unspecified atom stereocenters. The Hall–Kier alpha value is -1.75. The van der Waals surface area contributed by atoms with Crippen LogP contribution in [0.15, 0.2) is 35.5 Å². The van der Waals surface area contributed by atoms with E-state index in [4.69, 9.17) is 4.74 Å². The minimum Gasteiger partial charge on any atom is -0.497 e. The molecule has 1 heterocycles. The number of aromatic nitrogens is 1. The van der Waals surface area contributed by atoms with Gasteiger partial charge in [0.2, 0.25) is 0 Å². The van der Waals surface area contributed by atoms with Gasteiger partial charge in [-0.3, -0.25) is 4.79 Å². The molecular weight excluding hydrogens is 274 g/mol. The Kier molecular flexibility index (Phi) is 4.84. The highest BCUT2D eigenvalue weighted by atomic mass is 32.2. The Balaban J connectivity index is 2.24. The average molecular weight is 291 g/mol. The highest BCUT2D eigenvalue weighted by Crippen LogP contribution is 2.31. The maximum atomic E-state index is 11.3. The lowest BCUT2D eigenvalue weighted by atomic mass is 10.2. The normalized spacial score (nSPS) is 12.2. The van der Waals surface area contributed by atoms with Gasteiger partial charge in [-0.2, -0.15) is 0 Å². The predicted molar refractivity (Wildman–Crippen MR) is 80.2 cm³/mol. The molecule has 0 amide bonds. The second-order valence-corrected chi connectivity index (χ2v) is 5.84. The molecule has 20 heavy (non-hydrogen) atoms. The van der Waals surface area contributed by atoms with Crippen LogP contribution in [0.5, 0.6) is 5.75 Å².